The van der Waals surface area contributed by atoms with Crippen LogP contribution in [0.2, 0.25) is 0 Å². The molecule has 0 aliphatic rings. The Labute approximate surface area is 109 Å². The molecule has 1 aromatic carbocycles. The zero-order chi connectivity index (χ0) is 13.7. The quantitative estimate of drug-likeness (QED) is 0.757. The molecular formula is C15H23F2N. The summed E-state index contributed by atoms with van der Waals surface area (Å²) in [5.41, 5.74) is 0.839. The van der Waals surface area contributed by atoms with Crippen molar-refractivity contribution in [2.75, 3.05) is 13.1 Å². The Hall–Kier alpha value is -0.960. The van der Waals surface area contributed by atoms with Gasteiger partial charge in [0.25, 0.3) is 0 Å². The highest BCUT2D eigenvalue weighted by molar-refractivity contribution is 5.27. The third-order valence-electron chi connectivity index (χ3n) is 3.14. The van der Waals surface area contributed by atoms with E-state index in [2.05, 4.69) is 19.2 Å². The highest BCUT2D eigenvalue weighted by Crippen LogP contribution is 2.25. The first-order chi connectivity index (χ1) is 8.43. The summed E-state index contributed by atoms with van der Waals surface area (Å²) in [6.45, 7) is 9.59. The molecule has 0 amide bonds. The second-order valence-corrected chi connectivity index (χ2v) is 5.39. The third kappa shape index (κ3) is 4.05. The summed E-state index contributed by atoms with van der Waals surface area (Å²) in [5, 5.41) is 3.31. The van der Waals surface area contributed by atoms with Crippen molar-refractivity contribution < 1.29 is 8.78 Å². The molecular weight excluding hydrogens is 232 g/mol. The van der Waals surface area contributed by atoms with Gasteiger partial charge in [0.1, 0.15) is 0 Å². The molecule has 0 saturated heterocycles. The highest BCUT2D eigenvalue weighted by Gasteiger charge is 2.15. The van der Waals surface area contributed by atoms with Gasteiger partial charge in [0, 0.05) is 0 Å². The summed E-state index contributed by atoms with van der Waals surface area (Å²) in [4.78, 5) is 0. The van der Waals surface area contributed by atoms with Gasteiger partial charge in [0.05, 0.1) is 0 Å². The molecule has 1 atom stereocenters. The van der Waals surface area contributed by atoms with Crippen molar-refractivity contribution >= 4 is 0 Å². The molecule has 1 rings (SSSR count). The lowest BCUT2D eigenvalue weighted by Crippen LogP contribution is -2.22. The number of hydrogen-bond donors (Lipinski definition) is 1. The smallest absolute Gasteiger partial charge is 0.162 e. The van der Waals surface area contributed by atoms with Crippen molar-refractivity contribution in [3.63, 3.8) is 0 Å². The summed E-state index contributed by atoms with van der Waals surface area (Å²) < 4.78 is 27.2. The highest BCUT2D eigenvalue weighted by atomic mass is 19.2. The van der Waals surface area contributed by atoms with E-state index in [0.29, 0.717) is 17.0 Å². The molecule has 0 aliphatic heterocycles. The van der Waals surface area contributed by atoms with Crippen LogP contribution in [0.25, 0.3) is 0 Å². The van der Waals surface area contributed by atoms with Crippen LogP contribution in [0.15, 0.2) is 12.1 Å². The van der Waals surface area contributed by atoms with E-state index in [1.54, 1.807) is 19.1 Å². The second kappa shape index (κ2) is 6.83. The molecule has 0 spiro atoms. The van der Waals surface area contributed by atoms with Crippen LogP contribution in [0, 0.1) is 24.5 Å². The van der Waals surface area contributed by atoms with Crippen LogP contribution >= 0.6 is 0 Å². The molecule has 0 heterocycles. The number of hydrogen-bond acceptors (Lipinski definition) is 1. The van der Waals surface area contributed by atoms with E-state index in [0.717, 1.165) is 19.5 Å². The molecule has 1 unspecified atom stereocenters. The minimum atomic E-state index is -0.713. The van der Waals surface area contributed by atoms with E-state index >= 15 is 0 Å². The largest absolute Gasteiger partial charge is 0.316 e. The number of aryl methyl sites for hydroxylation is 1. The fourth-order valence-electron chi connectivity index (χ4n) is 1.91. The van der Waals surface area contributed by atoms with Crippen LogP contribution in [0.4, 0.5) is 8.78 Å². The Morgan fingerprint density at radius 3 is 2.39 bits per heavy atom. The summed E-state index contributed by atoms with van der Waals surface area (Å²) in [6, 6.07) is 3.34. The second-order valence-electron chi connectivity index (χ2n) is 5.39. The minimum absolute atomic E-state index is 0.0276. The molecule has 3 heteroatoms. The molecule has 18 heavy (non-hydrogen) atoms. The van der Waals surface area contributed by atoms with Crippen LogP contribution < -0.4 is 5.32 Å². The average molecular weight is 255 g/mol. The Balaban J connectivity index is 2.57. The molecule has 0 fully saturated rings. The number of benzene rings is 1. The van der Waals surface area contributed by atoms with Gasteiger partial charge >= 0.3 is 0 Å². The fourth-order valence-corrected chi connectivity index (χ4v) is 1.91. The standard InChI is InChI=1S/C15H23F2N/c1-10(2)9-18-8-7-11(3)13-6-5-12(4)14(16)15(13)17/h5-6,10-11,18H,7-9H2,1-4H3. The molecule has 1 N–H and O–H groups in total. The maximum Gasteiger partial charge on any atom is 0.162 e. The topological polar surface area (TPSA) is 12.0 Å². The lowest BCUT2D eigenvalue weighted by atomic mass is 9.96. The van der Waals surface area contributed by atoms with E-state index in [1.807, 2.05) is 6.92 Å². The summed E-state index contributed by atoms with van der Waals surface area (Å²) in [5.74, 6) is -0.769. The predicted octanol–water partition coefficient (Wildman–Crippen LogP) is 4.01. The van der Waals surface area contributed by atoms with Crippen molar-refractivity contribution in [2.24, 2.45) is 5.92 Å². The van der Waals surface area contributed by atoms with Crippen LogP contribution in [0.1, 0.15) is 44.2 Å². The van der Waals surface area contributed by atoms with Crippen molar-refractivity contribution in [3.05, 3.63) is 34.9 Å². The van der Waals surface area contributed by atoms with Crippen molar-refractivity contribution in [2.45, 2.75) is 40.0 Å². The molecule has 1 nitrogen and oxygen atoms in total. The predicted molar refractivity (Wildman–Crippen MR) is 71.8 cm³/mol. The van der Waals surface area contributed by atoms with Crippen LogP contribution in [0.5, 0.6) is 0 Å². The van der Waals surface area contributed by atoms with Crippen molar-refractivity contribution in [1.82, 2.24) is 5.32 Å². The average Bonchev–Trinajstić information content (AvgIpc) is 2.31. The van der Waals surface area contributed by atoms with Gasteiger partial charge in [-0.15, -0.1) is 0 Å². The molecule has 0 radical (unpaired) electrons. The van der Waals surface area contributed by atoms with Crippen molar-refractivity contribution in [1.29, 1.82) is 0 Å². The first-order valence-electron chi connectivity index (χ1n) is 6.58. The zero-order valence-electron chi connectivity index (χ0n) is 11.7. The summed E-state index contributed by atoms with van der Waals surface area (Å²) in [7, 11) is 0. The molecule has 102 valence electrons. The molecule has 0 bridgehead atoms. The third-order valence-corrected chi connectivity index (χ3v) is 3.14. The molecule has 0 saturated carbocycles. The zero-order valence-corrected chi connectivity index (χ0v) is 11.7. The van der Waals surface area contributed by atoms with Gasteiger partial charge in [-0.25, -0.2) is 8.78 Å². The maximum absolute atomic E-state index is 13.8. The van der Waals surface area contributed by atoms with Gasteiger partial charge < -0.3 is 5.32 Å². The normalized spacial score (nSPS) is 13.1. The van der Waals surface area contributed by atoms with Crippen LogP contribution in [0.3, 0.4) is 0 Å². The maximum atomic E-state index is 13.8. The van der Waals surface area contributed by atoms with Gasteiger partial charge in [-0.2, -0.15) is 0 Å². The summed E-state index contributed by atoms with van der Waals surface area (Å²) in [6.07, 6.45) is 0.812. The fraction of sp³-hybridized carbons (Fsp3) is 0.600. The Bertz CT molecular complexity index is 388. The van der Waals surface area contributed by atoms with E-state index in [-0.39, 0.29) is 5.92 Å². The van der Waals surface area contributed by atoms with Gasteiger partial charge in [-0.05, 0) is 49.4 Å². The monoisotopic (exact) mass is 255 g/mol. The van der Waals surface area contributed by atoms with E-state index in [4.69, 9.17) is 0 Å². The first-order valence-corrected chi connectivity index (χ1v) is 6.58. The molecule has 0 aromatic heterocycles. The number of halogens is 2. The van der Waals surface area contributed by atoms with Crippen molar-refractivity contribution in [3.8, 4) is 0 Å². The number of rotatable bonds is 6. The van der Waals surface area contributed by atoms with E-state index < -0.39 is 11.6 Å². The lowest BCUT2D eigenvalue weighted by molar-refractivity contribution is 0.474. The van der Waals surface area contributed by atoms with Gasteiger partial charge in [-0.1, -0.05) is 32.9 Å². The Kier molecular flexibility index (Phi) is 5.73. The molecule has 1 aromatic rings. The Morgan fingerprint density at radius 1 is 1.11 bits per heavy atom. The van der Waals surface area contributed by atoms with Gasteiger partial charge in [0.15, 0.2) is 11.6 Å². The minimum Gasteiger partial charge on any atom is -0.316 e. The SMILES string of the molecule is Cc1ccc(C(C)CCNCC(C)C)c(F)c1F. The lowest BCUT2D eigenvalue weighted by Gasteiger charge is -2.15. The van der Waals surface area contributed by atoms with Gasteiger partial charge in [-0.3, -0.25) is 0 Å². The van der Waals surface area contributed by atoms with E-state index in [1.165, 1.54) is 0 Å². The van der Waals surface area contributed by atoms with E-state index in [9.17, 15) is 8.78 Å². The van der Waals surface area contributed by atoms with Crippen LogP contribution in [-0.4, -0.2) is 13.1 Å². The number of nitrogens with one attached hydrogen (secondary N) is 1. The molecule has 0 aliphatic carbocycles. The Morgan fingerprint density at radius 2 is 1.78 bits per heavy atom. The van der Waals surface area contributed by atoms with Gasteiger partial charge in [0.2, 0.25) is 0 Å². The summed E-state index contributed by atoms with van der Waals surface area (Å²) >= 11 is 0. The van der Waals surface area contributed by atoms with Crippen LogP contribution in [-0.2, 0) is 0 Å². The first kappa shape index (κ1) is 15.1.